The van der Waals surface area contributed by atoms with Gasteiger partial charge in [0.25, 0.3) is 0 Å². The van der Waals surface area contributed by atoms with Crippen molar-refractivity contribution in [2.75, 3.05) is 17.6 Å². The number of piperidine rings is 1. The van der Waals surface area contributed by atoms with Crippen molar-refractivity contribution in [3.05, 3.63) is 70.5 Å². The third kappa shape index (κ3) is 5.98. The minimum absolute atomic E-state index is 0.0918. The maximum atomic E-state index is 14.2. The summed E-state index contributed by atoms with van der Waals surface area (Å²) in [5.74, 6) is -0.176. The van der Waals surface area contributed by atoms with Crippen molar-refractivity contribution in [1.82, 2.24) is 34.4 Å². The summed E-state index contributed by atoms with van der Waals surface area (Å²) in [5, 5.41) is 8.04. The van der Waals surface area contributed by atoms with Gasteiger partial charge in [-0.25, -0.2) is 28.1 Å². The lowest BCUT2D eigenvalue weighted by molar-refractivity contribution is -0.138. The van der Waals surface area contributed by atoms with Crippen molar-refractivity contribution >= 4 is 66.3 Å². The highest BCUT2D eigenvalue weighted by molar-refractivity contribution is 9.10. The number of likely N-dealkylation sites (tertiary alicyclic amines) is 1. The van der Waals surface area contributed by atoms with E-state index in [-0.39, 0.29) is 55.1 Å². The number of pyridine rings is 1. The summed E-state index contributed by atoms with van der Waals surface area (Å²) < 4.78 is 30.4. The molecule has 15 heteroatoms. The lowest BCUT2D eigenvalue weighted by Gasteiger charge is -2.27. The average molecular weight is 720 g/mol. The summed E-state index contributed by atoms with van der Waals surface area (Å²) in [6, 6.07) is 7.79. The van der Waals surface area contributed by atoms with Crippen LogP contribution in [-0.4, -0.2) is 80.0 Å². The Bertz CT molecular complexity index is 2100. The van der Waals surface area contributed by atoms with E-state index in [1.54, 1.807) is 54.6 Å². The minimum atomic E-state index is -3.59. The molecule has 1 spiro atoms. The molecule has 2 fully saturated rings. The van der Waals surface area contributed by atoms with E-state index in [0.29, 0.717) is 39.1 Å². The van der Waals surface area contributed by atoms with Gasteiger partial charge in [-0.3, -0.25) is 19.1 Å². The van der Waals surface area contributed by atoms with Crippen molar-refractivity contribution in [2.45, 2.75) is 51.7 Å². The summed E-state index contributed by atoms with van der Waals surface area (Å²) in [6.07, 6.45) is 8.00. The van der Waals surface area contributed by atoms with E-state index in [0.717, 1.165) is 11.1 Å². The molecule has 1 aromatic carbocycles. The molecule has 242 valence electrons. The highest BCUT2D eigenvalue weighted by Crippen LogP contribution is 2.59. The van der Waals surface area contributed by atoms with Crippen molar-refractivity contribution in [1.29, 1.82) is 0 Å². The number of Topliss-reactive ketones (excluding diaryl/α,β-unsaturated/α-hetero) is 1. The highest BCUT2D eigenvalue weighted by Gasteiger charge is 2.67. The number of halogens is 1. The van der Waals surface area contributed by atoms with E-state index in [4.69, 9.17) is 0 Å². The number of anilines is 1. The van der Waals surface area contributed by atoms with E-state index < -0.39 is 27.4 Å². The van der Waals surface area contributed by atoms with Gasteiger partial charge < -0.3 is 10.2 Å². The van der Waals surface area contributed by atoms with Gasteiger partial charge >= 0.3 is 0 Å². The van der Waals surface area contributed by atoms with Crippen LogP contribution in [0.25, 0.3) is 28.1 Å². The van der Waals surface area contributed by atoms with Gasteiger partial charge in [0.1, 0.15) is 34.5 Å². The zero-order chi connectivity index (χ0) is 33.1. The molecule has 0 radical (unpaired) electrons. The van der Waals surface area contributed by atoms with Crippen LogP contribution in [0.15, 0.2) is 53.4 Å². The number of amides is 2. The molecule has 1 saturated carbocycles. The number of carbonyl (C=O) groups excluding carboxylic acids is 3. The van der Waals surface area contributed by atoms with Gasteiger partial charge in [-0.2, -0.15) is 5.10 Å². The first-order valence-corrected chi connectivity index (χ1v) is 17.6. The number of fused-ring (bicyclic) bond motifs is 3. The number of hydrogen-bond acceptors (Lipinski definition) is 9. The van der Waals surface area contributed by atoms with Crippen molar-refractivity contribution in [2.24, 2.45) is 5.41 Å². The van der Waals surface area contributed by atoms with Gasteiger partial charge in [0.05, 0.1) is 11.3 Å². The van der Waals surface area contributed by atoms with Gasteiger partial charge in [-0.15, -0.1) is 0 Å². The van der Waals surface area contributed by atoms with Crippen LogP contribution in [0.2, 0.25) is 0 Å². The Morgan fingerprint density at radius 3 is 2.66 bits per heavy atom. The maximum Gasteiger partial charge on any atom is 0.248 e. The lowest BCUT2D eigenvalue weighted by atomic mass is 9.99. The molecule has 0 unspecified atom stereocenters. The molecule has 1 saturated heterocycles. The summed E-state index contributed by atoms with van der Waals surface area (Å²) in [7, 11) is -3.59. The van der Waals surface area contributed by atoms with Crippen molar-refractivity contribution in [3.63, 3.8) is 0 Å². The molecular formula is C32H31BrN8O5S. The Balaban J connectivity index is 1.22. The van der Waals surface area contributed by atoms with Crippen LogP contribution in [0.5, 0.6) is 0 Å². The van der Waals surface area contributed by atoms with Gasteiger partial charge in [0.2, 0.25) is 21.8 Å². The maximum absolute atomic E-state index is 14.2. The molecule has 2 N–H and O–H groups in total. The van der Waals surface area contributed by atoms with Crippen LogP contribution >= 0.6 is 15.9 Å². The molecule has 13 nitrogen and oxygen atoms in total. The van der Waals surface area contributed by atoms with Gasteiger partial charge in [0, 0.05) is 53.8 Å². The Labute approximate surface area is 279 Å². The summed E-state index contributed by atoms with van der Waals surface area (Å²) in [6.45, 7) is 3.13. The predicted octanol–water partition coefficient (Wildman–Crippen LogP) is 3.50. The Morgan fingerprint density at radius 1 is 1.11 bits per heavy atom. The number of nitrogens with one attached hydrogen (secondary N) is 2. The number of benzene rings is 1. The third-order valence-electron chi connectivity index (χ3n) is 9.12. The van der Waals surface area contributed by atoms with E-state index >= 15 is 0 Å². The number of allylic oxidation sites excluding steroid dienone is 1. The Morgan fingerprint density at radius 2 is 1.89 bits per heavy atom. The SMILES string of the molecule is CC(=O)c1nn(CC(=O)N2[C@H]3C[C@@]4(CNS(=O)(=O)CC/C=C\c5ccc(Br)nc5NC3=O)C[C@@H]24)c2ccc(-c3cnc(C)nc3)cc12. The fourth-order valence-electron chi connectivity index (χ4n) is 6.60. The minimum Gasteiger partial charge on any atom is -0.325 e. The van der Waals surface area contributed by atoms with E-state index in [1.165, 1.54) is 11.6 Å². The highest BCUT2D eigenvalue weighted by atomic mass is 79.9. The Hall–Kier alpha value is -4.34. The largest absolute Gasteiger partial charge is 0.325 e. The number of aromatic nitrogens is 5. The number of ketones is 1. The van der Waals surface area contributed by atoms with E-state index in [1.807, 2.05) is 12.1 Å². The fourth-order valence-corrected chi connectivity index (χ4v) is 8.01. The third-order valence-corrected chi connectivity index (χ3v) is 10.9. The molecule has 2 bridgehead atoms. The van der Waals surface area contributed by atoms with Crippen LogP contribution in [0.1, 0.15) is 48.1 Å². The molecule has 2 amide bonds. The molecule has 3 aliphatic rings. The van der Waals surface area contributed by atoms with Gasteiger partial charge in [0.15, 0.2) is 5.78 Å². The van der Waals surface area contributed by atoms with E-state index in [2.05, 4.69) is 46.0 Å². The summed E-state index contributed by atoms with van der Waals surface area (Å²) >= 11 is 3.36. The van der Waals surface area contributed by atoms with Crippen molar-refractivity contribution < 1.29 is 22.8 Å². The summed E-state index contributed by atoms with van der Waals surface area (Å²) in [4.78, 5) is 55.2. The zero-order valence-electron chi connectivity index (χ0n) is 25.6. The van der Waals surface area contributed by atoms with Crippen molar-refractivity contribution in [3.8, 4) is 11.1 Å². The molecule has 5 heterocycles. The number of carbonyl (C=O) groups is 3. The lowest BCUT2D eigenvalue weighted by Crippen LogP contribution is -2.47. The quantitative estimate of drug-likeness (QED) is 0.237. The zero-order valence-corrected chi connectivity index (χ0v) is 28.0. The van der Waals surface area contributed by atoms with Crippen LogP contribution in [0.4, 0.5) is 5.82 Å². The topological polar surface area (TPSA) is 169 Å². The number of hydrogen-bond donors (Lipinski definition) is 2. The second kappa shape index (κ2) is 11.7. The summed E-state index contributed by atoms with van der Waals surface area (Å²) in [5.41, 5.74) is 2.42. The molecule has 47 heavy (non-hydrogen) atoms. The monoisotopic (exact) mass is 718 g/mol. The first-order chi connectivity index (χ1) is 22.4. The van der Waals surface area contributed by atoms with Gasteiger partial charge in [-0.1, -0.05) is 18.2 Å². The molecule has 1 aliphatic carbocycles. The molecule has 4 aromatic rings. The number of aryl methyl sites for hydroxylation is 1. The smallest absolute Gasteiger partial charge is 0.248 e. The normalized spacial score (nSPS) is 24.1. The second-order valence-electron chi connectivity index (χ2n) is 12.3. The number of nitrogens with zero attached hydrogens (tertiary/aromatic N) is 6. The predicted molar refractivity (Wildman–Crippen MR) is 178 cm³/mol. The van der Waals surface area contributed by atoms with Crippen LogP contribution in [-0.2, 0) is 26.2 Å². The Kier molecular flexibility index (Phi) is 7.80. The fraction of sp³-hybridized carbons (Fsp3) is 0.344. The van der Waals surface area contributed by atoms with Crippen LogP contribution in [0.3, 0.4) is 0 Å². The molecule has 3 aromatic heterocycles. The van der Waals surface area contributed by atoms with Crippen LogP contribution in [0, 0.1) is 12.3 Å². The molecule has 2 aliphatic heterocycles. The first-order valence-electron chi connectivity index (χ1n) is 15.2. The molecule has 7 rings (SSSR count). The first kappa shape index (κ1) is 31.3. The van der Waals surface area contributed by atoms with Gasteiger partial charge in [-0.05, 0) is 71.9 Å². The van der Waals surface area contributed by atoms with Crippen LogP contribution < -0.4 is 10.0 Å². The standard InChI is InChI=1S/C32H31BrN8O5S/c1-18(42)29-23-11-21(22-14-34-19(2)35-15-22)6-8-24(23)40(39-29)16-28(43)41-25-12-32(13-26(32)41)17-36-47(45,46)10-4-3-5-20-7-9-27(33)37-30(20)38-31(25)44/h3,5-9,11,14-15,25-26,36H,4,10,12-13,16-17H2,1-2H3,(H,37,38,44)/b5-3-/t25-,26+,32-/m0/s1. The average Bonchev–Trinajstić information content (AvgIpc) is 3.45. The van der Waals surface area contributed by atoms with E-state index in [9.17, 15) is 22.8 Å². The number of sulfonamides is 1. The second-order valence-corrected chi connectivity index (χ2v) is 15.0. The number of rotatable bonds is 4. The molecular weight excluding hydrogens is 688 g/mol. The molecule has 3 atom stereocenters.